The lowest BCUT2D eigenvalue weighted by molar-refractivity contribution is -0.138. The molecule has 1 saturated carbocycles. The van der Waals surface area contributed by atoms with Crippen molar-refractivity contribution in [3.8, 4) is 16.9 Å². The molecule has 0 aromatic heterocycles. The highest BCUT2D eigenvalue weighted by Crippen LogP contribution is 2.29. The molecule has 2 fully saturated rings. The van der Waals surface area contributed by atoms with Crippen LogP contribution in [0.4, 0.5) is 0 Å². The maximum atomic E-state index is 12.7. The molecule has 4 rings (SSSR count). The Morgan fingerprint density at radius 3 is 2.62 bits per heavy atom. The van der Waals surface area contributed by atoms with E-state index in [9.17, 15) is 9.59 Å². The van der Waals surface area contributed by atoms with E-state index in [1.165, 1.54) is 0 Å². The minimum atomic E-state index is -0.220. The predicted molar refractivity (Wildman–Crippen MR) is 113 cm³/mol. The number of nitrogens with one attached hydrogen (secondary N) is 1. The topological polar surface area (TPSA) is 58.6 Å². The average molecular weight is 392 g/mol. The summed E-state index contributed by atoms with van der Waals surface area (Å²) in [4.78, 5) is 27.2. The second-order valence-corrected chi connectivity index (χ2v) is 8.04. The molecule has 0 spiro atoms. The summed E-state index contributed by atoms with van der Waals surface area (Å²) in [5, 5.41) is 2.99. The van der Waals surface area contributed by atoms with Gasteiger partial charge in [0.25, 0.3) is 0 Å². The molecule has 2 aromatic rings. The lowest BCUT2D eigenvalue weighted by atomic mass is 9.84. The first-order valence-electron chi connectivity index (χ1n) is 10.4. The smallest absolute Gasteiger partial charge is 0.225 e. The number of benzene rings is 2. The number of methoxy groups -OCH3 is 1. The average Bonchev–Trinajstić information content (AvgIpc) is 2.88. The Kier molecular flexibility index (Phi) is 5.84. The zero-order valence-electron chi connectivity index (χ0n) is 16.9. The molecule has 1 N–H and O–H groups in total. The fraction of sp³-hybridized carbons (Fsp3) is 0.417. The van der Waals surface area contributed by atoms with Gasteiger partial charge in [-0.1, -0.05) is 42.8 Å². The third-order valence-electron chi connectivity index (χ3n) is 6.07. The molecule has 1 unspecified atom stereocenters. The molecular weight excluding hydrogens is 364 g/mol. The molecule has 0 radical (unpaired) electrons. The van der Waals surface area contributed by atoms with Crippen molar-refractivity contribution in [2.75, 3.05) is 26.7 Å². The van der Waals surface area contributed by atoms with Crippen LogP contribution in [-0.2, 0) is 16.0 Å². The van der Waals surface area contributed by atoms with Crippen molar-refractivity contribution in [2.45, 2.75) is 25.7 Å². The second-order valence-electron chi connectivity index (χ2n) is 8.04. The molecule has 2 aliphatic rings. The lowest BCUT2D eigenvalue weighted by Gasteiger charge is -2.31. The summed E-state index contributed by atoms with van der Waals surface area (Å²) in [7, 11) is 1.66. The van der Waals surface area contributed by atoms with Gasteiger partial charge in [0.1, 0.15) is 5.75 Å². The first kappa shape index (κ1) is 19.5. The number of amides is 2. The summed E-state index contributed by atoms with van der Waals surface area (Å²) >= 11 is 0. The molecule has 1 aliphatic heterocycles. The summed E-state index contributed by atoms with van der Waals surface area (Å²) in [6, 6.07) is 16.2. The molecule has 29 heavy (non-hydrogen) atoms. The van der Waals surface area contributed by atoms with Crippen molar-refractivity contribution >= 4 is 11.8 Å². The number of nitrogens with zero attached hydrogens (tertiary/aromatic N) is 1. The molecule has 5 nitrogen and oxygen atoms in total. The van der Waals surface area contributed by atoms with Crippen molar-refractivity contribution in [3.63, 3.8) is 0 Å². The van der Waals surface area contributed by atoms with Crippen molar-refractivity contribution < 1.29 is 14.3 Å². The molecule has 152 valence electrons. The Balaban J connectivity index is 1.50. The maximum absolute atomic E-state index is 12.7. The van der Waals surface area contributed by atoms with Gasteiger partial charge in [-0.2, -0.15) is 0 Å². The van der Waals surface area contributed by atoms with Crippen molar-refractivity contribution in [1.82, 2.24) is 10.2 Å². The van der Waals surface area contributed by atoms with E-state index in [-0.39, 0.29) is 23.7 Å². The zero-order valence-corrected chi connectivity index (χ0v) is 16.9. The fourth-order valence-electron chi connectivity index (χ4n) is 4.13. The van der Waals surface area contributed by atoms with Crippen LogP contribution in [0.2, 0.25) is 0 Å². The molecule has 2 amide bonds. The van der Waals surface area contributed by atoms with Gasteiger partial charge < -0.3 is 15.0 Å². The van der Waals surface area contributed by atoms with Gasteiger partial charge in [-0.05, 0) is 48.1 Å². The summed E-state index contributed by atoms with van der Waals surface area (Å²) < 4.78 is 5.33. The van der Waals surface area contributed by atoms with Gasteiger partial charge in [-0.3, -0.25) is 9.59 Å². The molecule has 5 heteroatoms. The van der Waals surface area contributed by atoms with Crippen LogP contribution in [0.25, 0.3) is 11.1 Å². The summed E-state index contributed by atoms with van der Waals surface area (Å²) in [6.45, 7) is 1.66. The van der Waals surface area contributed by atoms with E-state index in [1.807, 2.05) is 29.2 Å². The molecule has 2 aromatic carbocycles. The molecule has 1 atom stereocenters. The summed E-state index contributed by atoms with van der Waals surface area (Å²) in [5.74, 6) is 1.03. The van der Waals surface area contributed by atoms with Gasteiger partial charge in [0, 0.05) is 25.6 Å². The molecule has 0 bridgehead atoms. The molecule has 1 saturated heterocycles. The maximum Gasteiger partial charge on any atom is 0.225 e. The van der Waals surface area contributed by atoms with E-state index in [0.717, 1.165) is 41.7 Å². The Labute approximate surface area is 172 Å². The van der Waals surface area contributed by atoms with Crippen LogP contribution >= 0.6 is 0 Å². The Bertz CT molecular complexity index is 891. The number of rotatable bonds is 5. The van der Waals surface area contributed by atoms with Crippen molar-refractivity contribution in [2.24, 2.45) is 11.8 Å². The zero-order chi connectivity index (χ0) is 20.2. The van der Waals surface area contributed by atoms with E-state index in [1.54, 1.807) is 7.11 Å². The quantitative estimate of drug-likeness (QED) is 0.850. The highest BCUT2D eigenvalue weighted by molar-refractivity contribution is 5.83. The van der Waals surface area contributed by atoms with E-state index < -0.39 is 0 Å². The number of carbonyl (C=O) groups excluding carboxylic acids is 2. The monoisotopic (exact) mass is 392 g/mol. The third-order valence-corrected chi connectivity index (χ3v) is 6.07. The normalized spacial score (nSPS) is 19.8. The van der Waals surface area contributed by atoms with Crippen LogP contribution in [0.5, 0.6) is 5.75 Å². The number of carbonyl (C=O) groups is 2. The van der Waals surface area contributed by atoms with Gasteiger partial charge in [-0.25, -0.2) is 0 Å². The highest BCUT2D eigenvalue weighted by Gasteiger charge is 2.33. The predicted octanol–water partition coefficient (Wildman–Crippen LogP) is 3.28. The minimum absolute atomic E-state index is 0.0423. The van der Waals surface area contributed by atoms with E-state index in [0.29, 0.717) is 26.1 Å². The van der Waals surface area contributed by atoms with Crippen molar-refractivity contribution in [1.29, 1.82) is 0 Å². The largest absolute Gasteiger partial charge is 0.497 e. The van der Waals surface area contributed by atoms with Crippen LogP contribution in [0.15, 0.2) is 48.5 Å². The van der Waals surface area contributed by atoms with E-state index in [4.69, 9.17) is 4.74 Å². The molecular formula is C24H28N2O3. The van der Waals surface area contributed by atoms with Gasteiger partial charge in [0.05, 0.1) is 13.0 Å². The second kappa shape index (κ2) is 8.68. The Morgan fingerprint density at radius 1 is 1.14 bits per heavy atom. The van der Waals surface area contributed by atoms with Crippen LogP contribution in [-0.4, -0.2) is 43.5 Å². The molecule has 1 aliphatic carbocycles. The van der Waals surface area contributed by atoms with Crippen LogP contribution < -0.4 is 10.1 Å². The Hall–Kier alpha value is -2.82. The van der Waals surface area contributed by atoms with Crippen LogP contribution in [0, 0.1) is 11.8 Å². The van der Waals surface area contributed by atoms with E-state index in [2.05, 4.69) is 29.6 Å². The third kappa shape index (κ3) is 4.44. The number of hydrogen-bond acceptors (Lipinski definition) is 3. The van der Waals surface area contributed by atoms with Crippen LogP contribution in [0.3, 0.4) is 0 Å². The first-order chi connectivity index (χ1) is 14.1. The van der Waals surface area contributed by atoms with Crippen LogP contribution in [0.1, 0.15) is 24.8 Å². The summed E-state index contributed by atoms with van der Waals surface area (Å²) in [5.41, 5.74) is 3.28. The summed E-state index contributed by atoms with van der Waals surface area (Å²) in [6.07, 6.45) is 3.74. The number of ether oxygens (including phenoxy) is 1. The van der Waals surface area contributed by atoms with Gasteiger partial charge in [0.2, 0.25) is 11.8 Å². The lowest BCUT2D eigenvalue weighted by Crippen LogP contribution is -2.42. The van der Waals surface area contributed by atoms with Crippen molar-refractivity contribution in [3.05, 3.63) is 54.1 Å². The fourth-order valence-corrected chi connectivity index (χ4v) is 4.13. The van der Waals surface area contributed by atoms with E-state index >= 15 is 0 Å². The first-order valence-corrected chi connectivity index (χ1v) is 10.4. The molecule has 1 heterocycles. The Morgan fingerprint density at radius 2 is 1.90 bits per heavy atom. The highest BCUT2D eigenvalue weighted by atomic mass is 16.5. The standard InChI is InChI=1S/C24H28N2O3/c1-29-22-10-4-9-20(15-22)19-8-2-5-17(13-19)14-21-16-26(12-11-25-23(21)27)24(28)18-6-3-7-18/h2,4-5,8-10,13,15,18,21H,3,6-7,11-12,14,16H2,1H3,(H,25,27). The van der Waals surface area contributed by atoms with Gasteiger partial charge in [-0.15, -0.1) is 0 Å². The van der Waals surface area contributed by atoms with Gasteiger partial charge in [0.15, 0.2) is 0 Å². The van der Waals surface area contributed by atoms with Gasteiger partial charge >= 0.3 is 0 Å². The SMILES string of the molecule is COc1cccc(-c2cccc(CC3CN(C(=O)C4CCC4)CCNC3=O)c2)c1. The number of hydrogen-bond donors (Lipinski definition) is 1. The minimum Gasteiger partial charge on any atom is -0.497 e.